The van der Waals surface area contributed by atoms with Crippen LogP contribution in [0, 0.1) is 0 Å². The lowest BCUT2D eigenvalue weighted by atomic mass is 9.99. The van der Waals surface area contributed by atoms with Crippen LogP contribution in [-0.4, -0.2) is 25.8 Å². The van der Waals surface area contributed by atoms with Crippen LogP contribution in [0.4, 0.5) is 0 Å². The van der Waals surface area contributed by atoms with Crippen molar-refractivity contribution in [1.82, 2.24) is 15.0 Å². The van der Waals surface area contributed by atoms with E-state index in [1.54, 1.807) is 24.5 Å². The molecule has 6 nitrogen and oxygen atoms in total. The van der Waals surface area contributed by atoms with E-state index in [-0.39, 0.29) is 12.4 Å². The number of pyridine rings is 1. The largest absolute Gasteiger partial charge is 0.507 e. The summed E-state index contributed by atoms with van der Waals surface area (Å²) in [6, 6.07) is 21.5. The number of oxime groups is 1. The summed E-state index contributed by atoms with van der Waals surface area (Å²) in [7, 11) is 0. The fraction of sp³-hybridized carbons (Fsp3) is 0.0385. The molecule has 0 amide bonds. The van der Waals surface area contributed by atoms with Gasteiger partial charge in [-0.05, 0) is 45.3 Å². The summed E-state index contributed by atoms with van der Waals surface area (Å²) in [5, 5.41) is 14.4. The molecule has 3 aromatic carbocycles. The predicted octanol–water partition coefficient (Wildman–Crippen LogP) is 6.04. The molecule has 0 atom stereocenters. The summed E-state index contributed by atoms with van der Waals surface area (Å²) in [6.07, 6.45) is 3.52. The normalized spacial score (nSPS) is 13.3. The average molecular weight is 497 g/mol. The molecular weight excluding hydrogens is 480 g/mol. The minimum Gasteiger partial charge on any atom is -0.507 e. The van der Waals surface area contributed by atoms with Gasteiger partial charge in [0, 0.05) is 28.5 Å². The van der Waals surface area contributed by atoms with Gasteiger partial charge in [0.1, 0.15) is 23.9 Å². The number of hydrogen-bond donors (Lipinski definition) is 2. The van der Waals surface area contributed by atoms with E-state index in [0.29, 0.717) is 4.47 Å². The highest BCUT2D eigenvalue weighted by Crippen LogP contribution is 2.42. The lowest BCUT2D eigenvalue weighted by Crippen LogP contribution is -2.00. The van der Waals surface area contributed by atoms with Crippen molar-refractivity contribution in [3.63, 3.8) is 0 Å². The number of phenolic OH excluding ortho intramolecular Hbond substituents is 1. The first-order valence-corrected chi connectivity index (χ1v) is 11.2. The van der Waals surface area contributed by atoms with Crippen molar-refractivity contribution in [2.75, 3.05) is 0 Å². The van der Waals surface area contributed by atoms with Crippen LogP contribution in [0.15, 0.2) is 88.8 Å². The fourth-order valence-electron chi connectivity index (χ4n) is 4.19. The van der Waals surface area contributed by atoms with E-state index < -0.39 is 0 Å². The zero-order valence-corrected chi connectivity index (χ0v) is 18.9. The Kier molecular flexibility index (Phi) is 4.69. The van der Waals surface area contributed by atoms with Crippen LogP contribution in [0.3, 0.4) is 0 Å². The van der Waals surface area contributed by atoms with Gasteiger partial charge in [0.2, 0.25) is 0 Å². The Morgan fingerprint density at radius 1 is 0.939 bits per heavy atom. The number of hydrogen-bond acceptors (Lipinski definition) is 5. The number of H-pyrrole nitrogens is 1. The van der Waals surface area contributed by atoms with Gasteiger partial charge in [-0.3, -0.25) is 4.98 Å². The van der Waals surface area contributed by atoms with Crippen LogP contribution in [0.2, 0.25) is 0 Å². The lowest BCUT2D eigenvalue weighted by Gasteiger charge is -2.07. The Hall–Kier alpha value is -3.97. The van der Waals surface area contributed by atoms with Crippen molar-refractivity contribution in [3.8, 4) is 28.3 Å². The van der Waals surface area contributed by atoms with Crippen LogP contribution in [0.25, 0.3) is 33.5 Å². The summed E-state index contributed by atoms with van der Waals surface area (Å²) in [5.41, 5.74) is 8.54. The maximum absolute atomic E-state index is 9.91. The van der Waals surface area contributed by atoms with Crippen LogP contribution in [-0.2, 0) is 11.4 Å². The van der Waals surface area contributed by atoms with E-state index in [4.69, 9.17) is 9.82 Å². The number of nitrogens with one attached hydrogen (secondary N) is 1. The molecule has 2 N–H and O–H groups in total. The zero-order valence-electron chi connectivity index (χ0n) is 17.3. The summed E-state index contributed by atoms with van der Waals surface area (Å²) in [6.45, 7) is 0.248. The quantitative estimate of drug-likeness (QED) is 0.291. The monoisotopic (exact) mass is 496 g/mol. The van der Waals surface area contributed by atoms with Crippen molar-refractivity contribution in [1.29, 1.82) is 0 Å². The molecule has 0 unspecified atom stereocenters. The van der Waals surface area contributed by atoms with Gasteiger partial charge in [0.05, 0.1) is 21.7 Å². The highest BCUT2D eigenvalue weighted by molar-refractivity contribution is 9.10. The predicted molar refractivity (Wildman–Crippen MR) is 131 cm³/mol. The molecule has 0 bridgehead atoms. The molecule has 5 aromatic rings. The zero-order chi connectivity index (χ0) is 22.4. The summed E-state index contributed by atoms with van der Waals surface area (Å²) >= 11 is 3.30. The van der Waals surface area contributed by atoms with E-state index in [0.717, 1.165) is 56.0 Å². The van der Waals surface area contributed by atoms with Gasteiger partial charge in [-0.2, -0.15) is 0 Å². The molecule has 2 aromatic heterocycles. The molecule has 1 aliphatic carbocycles. The average Bonchev–Trinajstić information content (AvgIpc) is 3.41. The molecular formula is C26H17BrN4O2. The Morgan fingerprint density at radius 2 is 1.76 bits per heavy atom. The Bertz CT molecular complexity index is 1520. The second-order valence-corrected chi connectivity index (χ2v) is 8.61. The smallest absolute Gasteiger partial charge is 0.142 e. The topological polar surface area (TPSA) is 83.4 Å². The number of phenols is 1. The number of aromatic hydroxyl groups is 1. The first-order chi connectivity index (χ1) is 16.2. The van der Waals surface area contributed by atoms with E-state index >= 15 is 0 Å². The SMILES string of the molecule is Oc1cc(CON=C2c3ccccc3-c3c2cccc3-c2nc3ccncc3[nH]2)ccc1Br. The number of benzene rings is 3. The number of imidazole rings is 1. The Morgan fingerprint density at radius 3 is 2.61 bits per heavy atom. The van der Waals surface area contributed by atoms with E-state index in [9.17, 15) is 5.11 Å². The van der Waals surface area contributed by atoms with Crippen LogP contribution in [0.5, 0.6) is 5.75 Å². The van der Waals surface area contributed by atoms with E-state index in [2.05, 4.69) is 55.3 Å². The summed E-state index contributed by atoms with van der Waals surface area (Å²) in [5.74, 6) is 0.961. The minimum atomic E-state index is 0.172. The van der Waals surface area contributed by atoms with Crippen molar-refractivity contribution in [3.05, 3.63) is 100 Å². The highest BCUT2D eigenvalue weighted by Gasteiger charge is 2.28. The number of rotatable bonds is 4. The third-order valence-corrected chi connectivity index (χ3v) is 6.38. The van der Waals surface area contributed by atoms with Crippen molar-refractivity contribution >= 4 is 32.7 Å². The molecule has 0 radical (unpaired) electrons. The maximum atomic E-state index is 9.91. The molecule has 7 heteroatoms. The molecule has 33 heavy (non-hydrogen) atoms. The van der Waals surface area contributed by atoms with Crippen LogP contribution < -0.4 is 0 Å². The van der Waals surface area contributed by atoms with Crippen molar-refractivity contribution < 1.29 is 9.94 Å². The Labute approximate surface area is 197 Å². The standard InChI is InChI=1S/C26H17BrN4O2/c27-20-9-8-15(12-23(20)32)14-33-31-25-17-5-2-1-4-16(17)24-18(25)6-3-7-19(24)26-29-21-10-11-28-13-22(21)30-26/h1-13,32H,14H2,(H,29,30). The first kappa shape index (κ1) is 19.7. The van der Waals surface area contributed by atoms with Crippen LogP contribution in [0.1, 0.15) is 16.7 Å². The second kappa shape index (κ2) is 7.86. The van der Waals surface area contributed by atoms with Crippen LogP contribution >= 0.6 is 15.9 Å². The highest BCUT2D eigenvalue weighted by atomic mass is 79.9. The van der Waals surface area contributed by atoms with Gasteiger partial charge in [0.25, 0.3) is 0 Å². The third-order valence-electron chi connectivity index (χ3n) is 5.71. The molecule has 0 fully saturated rings. The molecule has 2 heterocycles. The molecule has 0 saturated heterocycles. The van der Waals surface area contributed by atoms with Crippen molar-refractivity contribution in [2.24, 2.45) is 5.16 Å². The van der Waals surface area contributed by atoms with Gasteiger partial charge < -0.3 is 14.9 Å². The van der Waals surface area contributed by atoms with Gasteiger partial charge in [-0.1, -0.05) is 53.7 Å². The Balaban J connectivity index is 1.42. The number of fused-ring (bicyclic) bond motifs is 4. The minimum absolute atomic E-state index is 0.172. The molecule has 6 rings (SSSR count). The number of halogens is 1. The second-order valence-electron chi connectivity index (χ2n) is 7.75. The molecule has 0 saturated carbocycles. The lowest BCUT2D eigenvalue weighted by molar-refractivity contribution is 0.131. The third kappa shape index (κ3) is 3.37. The number of aromatic amines is 1. The fourth-order valence-corrected chi connectivity index (χ4v) is 4.44. The van der Waals surface area contributed by atoms with Gasteiger partial charge in [-0.15, -0.1) is 0 Å². The molecule has 0 spiro atoms. The molecule has 160 valence electrons. The number of nitrogens with zero attached hydrogens (tertiary/aromatic N) is 3. The first-order valence-electron chi connectivity index (χ1n) is 10.4. The summed E-state index contributed by atoms with van der Waals surface area (Å²) < 4.78 is 0.644. The van der Waals surface area contributed by atoms with Gasteiger partial charge in [0.15, 0.2) is 0 Å². The maximum Gasteiger partial charge on any atom is 0.142 e. The van der Waals surface area contributed by atoms with Crippen molar-refractivity contribution in [2.45, 2.75) is 6.61 Å². The number of aromatic nitrogens is 3. The van der Waals surface area contributed by atoms with Gasteiger partial charge >= 0.3 is 0 Å². The molecule has 1 aliphatic rings. The summed E-state index contributed by atoms with van der Waals surface area (Å²) in [4.78, 5) is 18.1. The van der Waals surface area contributed by atoms with E-state index in [1.165, 1.54) is 0 Å². The van der Waals surface area contributed by atoms with E-state index in [1.807, 2.05) is 30.3 Å². The molecule has 0 aliphatic heterocycles. The van der Waals surface area contributed by atoms with Gasteiger partial charge in [-0.25, -0.2) is 4.98 Å².